The van der Waals surface area contributed by atoms with Crippen LogP contribution in [0.15, 0.2) is 16.9 Å². The molecule has 5 rings (SSSR count). The molecule has 1 aromatic carbocycles. The summed E-state index contributed by atoms with van der Waals surface area (Å²) in [5, 5.41) is 14.4. The first-order chi connectivity index (χ1) is 17.1. The summed E-state index contributed by atoms with van der Waals surface area (Å²) in [5.74, 6) is -3.24. The van der Waals surface area contributed by atoms with Crippen molar-refractivity contribution in [2.75, 3.05) is 13.7 Å². The van der Waals surface area contributed by atoms with Crippen LogP contribution in [0, 0.1) is 11.6 Å². The summed E-state index contributed by atoms with van der Waals surface area (Å²) in [4.78, 5) is 30.5. The molecule has 0 amide bonds. The van der Waals surface area contributed by atoms with Crippen molar-refractivity contribution in [3.8, 4) is 17.1 Å². The first-order valence-corrected chi connectivity index (χ1v) is 11.9. The number of cyclic esters (lactones) is 1. The number of carbonyl (C=O) groups excluding carboxylic acids is 1. The Morgan fingerprint density at radius 1 is 1.25 bits per heavy atom. The zero-order valence-corrected chi connectivity index (χ0v) is 20.5. The number of benzene rings is 1. The molecule has 2 aliphatic heterocycles. The third-order valence-electron chi connectivity index (χ3n) is 7.09. The Morgan fingerprint density at radius 2 is 2.00 bits per heavy atom. The summed E-state index contributed by atoms with van der Waals surface area (Å²) in [5.41, 5.74) is 0.174. The summed E-state index contributed by atoms with van der Waals surface area (Å²) in [6.07, 6.45) is 0.388. The van der Waals surface area contributed by atoms with Crippen LogP contribution in [0.3, 0.4) is 0 Å². The number of rotatable bonds is 6. The lowest BCUT2D eigenvalue weighted by atomic mass is 9.86. The fourth-order valence-electron chi connectivity index (χ4n) is 5.15. The lowest BCUT2D eigenvalue weighted by molar-refractivity contribution is -0.172. The molecular formula is C26H27F2N3O5. The molecule has 2 aromatic heterocycles. The van der Waals surface area contributed by atoms with E-state index in [1.807, 2.05) is 13.8 Å². The average molecular weight is 500 g/mol. The SMILES string of the molecule is CC[C@@]1(O)C(=O)OCc2c1cc1n(c2=O)Cc2c-1nc1cc(OC)c(F)c(F)c1c2CCNC(C)C. The van der Waals surface area contributed by atoms with Gasteiger partial charge in [-0.25, -0.2) is 14.2 Å². The second-order valence-corrected chi connectivity index (χ2v) is 9.48. The zero-order valence-electron chi connectivity index (χ0n) is 20.5. The fraction of sp³-hybridized carbons (Fsp3) is 0.423. The Bertz CT molecular complexity index is 1480. The van der Waals surface area contributed by atoms with Gasteiger partial charge in [0.2, 0.25) is 5.82 Å². The number of nitrogens with one attached hydrogen (secondary N) is 1. The van der Waals surface area contributed by atoms with Gasteiger partial charge >= 0.3 is 5.97 Å². The van der Waals surface area contributed by atoms with Crippen LogP contribution in [-0.4, -0.2) is 40.3 Å². The molecule has 1 atom stereocenters. The number of halogens is 2. The Kier molecular flexibility index (Phi) is 5.83. The number of ether oxygens (including phenoxy) is 2. The smallest absolute Gasteiger partial charge is 0.343 e. The zero-order chi connectivity index (χ0) is 25.9. The summed E-state index contributed by atoms with van der Waals surface area (Å²) < 4.78 is 41.7. The number of esters is 1. The molecular weight excluding hydrogens is 472 g/mol. The van der Waals surface area contributed by atoms with Crippen molar-refractivity contribution in [3.05, 3.63) is 56.4 Å². The van der Waals surface area contributed by atoms with Gasteiger partial charge in [0.05, 0.1) is 36.1 Å². The van der Waals surface area contributed by atoms with Gasteiger partial charge in [-0.2, -0.15) is 4.39 Å². The predicted molar refractivity (Wildman–Crippen MR) is 128 cm³/mol. The van der Waals surface area contributed by atoms with E-state index in [-0.39, 0.29) is 53.4 Å². The van der Waals surface area contributed by atoms with Crippen molar-refractivity contribution < 1.29 is 28.2 Å². The minimum Gasteiger partial charge on any atom is -0.493 e. The van der Waals surface area contributed by atoms with Gasteiger partial charge in [-0.1, -0.05) is 20.8 Å². The van der Waals surface area contributed by atoms with Crippen molar-refractivity contribution >= 4 is 16.9 Å². The van der Waals surface area contributed by atoms with Crippen LogP contribution in [0.2, 0.25) is 0 Å². The van der Waals surface area contributed by atoms with Crippen LogP contribution < -0.4 is 15.6 Å². The standard InChI is InChI=1S/C26H27F2N3O5/c1-5-26(34)16-8-18-23-14(10-31(18)24(32)15(16)11-36-25(26)33)13(6-7-29-12(2)3)20-17(30-23)9-19(35-4)21(27)22(20)28/h8-9,12,29,34H,5-7,10-11H2,1-4H3/t26-/m0/s1. The van der Waals surface area contributed by atoms with Crippen LogP contribution in [-0.2, 0) is 34.7 Å². The predicted octanol–water partition coefficient (Wildman–Crippen LogP) is 2.91. The molecule has 0 radical (unpaired) electrons. The van der Waals surface area contributed by atoms with Gasteiger partial charge in [0.15, 0.2) is 17.2 Å². The largest absolute Gasteiger partial charge is 0.493 e. The summed E-state index contributed by atoms with van der Waals surface area (Å²) in [6.45, 7) is 5.95. The van der Waals surface area contributed by atoms with Crippen molar-refractivity contribution in [3.63, 3.8) is 0 Å². The number of pyridine rings is 2. The van der Waals surface area contributed by atoms with E-state index in [0.717, 1.165) is 0 Å². The van der Waals surface area contributed by atoms with E-state index in [4.69, 9.17) is 9.47 Å². The average Bonchev–Trinajstić information content (AvgIpc) is 3.22. The molecule has 0 saturated heterocycles. The van der Waals surface area contributed by atoms with Gasteiger partial charge in [0.25, 0.3) is 5.56 Å². The highest BCUT2D eigenvalue weighted by Gasteiger charge is 2.45. The highest BCUT2D eigenvalue weighted by Crippen LogP contribution is 2.41. The van der Waals surface area contributed by atoms with Crippen LogP contribution >= 0.6 is 0 Å². The molecule has 0 unspecified atom stereocenters. The van der Waals surface area contributed by atoms with Crippen molar-refractivity contribution in [2.45, 2.75) is 58.4 Å². The van der Waals surface area contributed by atoms with Crippen LogP contribution in [0.5, 0.6) is 5.75 Å². The van der Waals surface area contributed by atoms with Gasteiger partial charge in [-0.05, 0) is 31.0 Å². The topological polar surface area (TPSA) is 103 Å². The van der Waals surface area contributed by atoms with E-state index < -0.39 is 28.8 Å². The first-order valence-electron chi connectivity index (χ1n) is 11.9. The molecule has 190 valence electrons. The van der Waals surface area contributed by atoms with Gasteiger partial charge in [-0.3, -0.25) is 4.79 Å². The molecule has 3 aromatic rings. The molecule has 0 saturated carbocycles. The molecule has 2 aliphatic rings. The molecule has 0 bridgehead atoms. The van der Waals surface area contributed by atoms with Crippen LogP contribution in [0.25, 0.3) is 22.3 Å². The molecule has 8 nitrogen and oxygen atoms in total. The molecule has 2 N–H and O–H groups in total. The Balaban J connectivity index is 1.79. The minimum atomic E-state index is -1.95. The molecule has 4 heterocycles. The lowest BCUT2D eigenvalue weighted by Gasteiger charge is -2.31. The maximum absolute atomic E-state index is 15.3. The van der Waals surface area contributed by atoms with E-state index in [1.54, 1.807) is 13.0 Å². The van der Waals surface area contributed by atoms with Gasteiger partial charge in [0, 0.05) is 28.6 Å². The van der Waals surface area contributed by atoms with E-state index in [2.05, 4.69) is 10.3 Å². The Morgan fingerprint density at radius 3 is 2.67 bits per heavy atom. The highest BCUT2D eigenvalue weighted by atomic mass is 19.2. The lowest BCUT2D eigenvalue weighted by Crippen LogP contribution is -2.44. The van der Waals surface area contributed by atoms with E-state index in [0.29, 0.717) is 35.5 Å². The second-order valence-electron chi connectivity index (χ2n) is 9.48. The Labute approximate surface area is 205 Å². The number of hydrogen-bond acceptors (Lipinski definition) is 7. The minimum absolute atomic E-state index is 0.0214. The number of aromatic nitrogens is 2. The number of methoxy groups -OCH3 is 1. The quantitative estimate of drug-likeness (QED) is 0.393. The fourth-order valence-corrected chi connectivity index (χ4v) is 5.15. The van der Waals surface area contributed by atoms with Crippen LogP contribution in [0.1, 0.15) is 49.4 Å². The van der Waals surface area contributed by atoms with Gasteiger partial charge < -0.3 is 24.5 Å². The summed E-state index contributed by atoms with van der Waals surface area (Å²) in [6, 6.07) is 3.12. The number of nitrogens with zero attached hydrogens (tertiary/aromatic N) is 2. The number of carbonyl (C=O) groups is 1. The van der Waals surface area contributed by atoms with Gasteiger partial charge in [-0.15, -0.1) is 0 Å². The molecule has 0 spiro atoms. The van der Waals surface area contributed by atoms with Gasteiger partial charge in [0.1, 0.15) is 6.61 Å². The van der Waals surface area contributed by atoms with E-state index in [1.165, 1.54) is 17.7 Å². The maximum Gasteiger partial charge on any atom is 0.343 e. The van der Waals surface area contributed by atoms with Crippen molar-refractivity contribution in [2.24, 2.45) is 0 Å². The Hall–Kier alpha value is -3.37. The number of aliphatic hydroxyl groups is 1. The summed E-state index contributed by atoms with van der Waals surface area (Å²) >= 11 is 0. The van der Waals surface area contributed by atoms with Crippen LogP contribution in [0.4, 0.5) is 8.78 Å². The van der Waals surface area contributed by atoms with E-state index in [9.17, 15) is 19.1 Å². The molecule has 0 aliphatic carbocycles. The molecule has 36 heavy (non-hydrogen) atoms. The number of fused-ring (bicyclic) bond motifs is 5. The van der Waals surface area contributed by atoms with Crippen molar-refractivity contribution in [1.82, 2.24) is 14.9 Å². The van der Waals surface area contributed by atoms with E-state index >= 15 is 4.39 Å². The van der Waals surface area contributed by atoms with Crippen molar-refractivity contribution in [1.29, 1.82) is 0 Å². The third kappa shape index (κ3) is 3.42. The molecule has 0 fully saturated rings. The summed E-state index contributed by atoms with van der Waals surface area (Å²) in [7, 11) is 1.25. The first kappa shape index (κ1) is 24.3. The highest BCUT2D eigenvalue weighted by molar-refractivity contribution is 5.90. The second kappa shape index (κ2) is 8.63. The monoisotopic (exact) mass is 499 g/mol. The normalized spacial score (nSPS) is 18.3. The third-order valence-corrected chi connectivity index (χ3v) is 7.09. The molecule has 10 heteroatoms. The number of hydrogen-bond donors (Lipinski definition) is 2. The maximum atomic E-state index is 15.3.